The number of hydrogen-bond acceptors (Lipinski definition) is 5. The van der Waals surface area contributed by atoms with Crippen LogP contribution in [0.2, 0.25) is 0 Å². The normalized spacial score (nSPS) is 19.8. The number of piperidine rings is 1. The van der Waals surface area contributed by atoms with Gasteiger partial charge in [0, 0.05) is 10.8 Å². The van der Waals surface area contributed by atoms with Crippen molar-refractivity contribution in [3.05, 3.63) is 29.8 Å². The van der Waals surface area contributed by atoms with Gasteiger partial charge in [0.2, 0.25) is 10.0 Å². The summed E-state index contributed by atoms with van der Waals surface area (Å²) < 4.78 is 52.3. The van der Waals surface area contributed by atoms with Crippen LogP contribution in [0, 0.1) is 11.6 Å². The lowest BCUT2D eigenvalue weighted by atomic mass is 9.89. The number of carbonyl (C=O) groups is 1. The zero-order valence-electron chi connectivity index (χ0n) is 12.9. The number of nitrogens with one attached hydrogen (secondary N) is 1. The Balaban J connectivity index is 2.31. The minimum atomic E-state index is -4.49. The van der Waals surface area contributed by atoms with Crippen LogP contribution in [-0.4, -0.2) is 55.3 Å². The summed E-state index contributed by atoms with van der Waals surface area (Å²) in [5.74, 6) is -3.62. The van der Waals surface area contributed by atoms with E-state index in [0.29, 0.717) is 32.0 Å². The molecule has 2 rings (SSSR count). The van der Waals surface area contributed by atoms with E-state index < -0.39 is 43.3 Å². The second-order valence-corrected chi connectivity index (χ2v) is 8.45. The van der Waals surface area contributed by atoms with E-state index in [1.807, 2.05) is 16.7 Å². The van der Waals surface area contributed by atoms with E-state index in [4.69, 9.17) is 0 Å². The van der Waals surface area contributed by atoms with Crippen LogP contribution >= 0.6 is 12.6 Å². The molecule has 1 aromatic rings. The monoisotopic (exact) mass is 380 g/mol. The van der Waals surface area contributed by atoms with Crippen molar-refractivity contribution < 1.29 is 27.1 Å². The van der Waals surface area contributed by atoms with Gasteiger partial charge >= 0.3 is 5.97 Å². The fourth-order valence-electron chi connectivity index (χ4n) is 2.60. The topological polar surface area (TPSA) is 86.7 Å². The van der Waals surface area contributed by atoms with E-state index in [1.54, 1.807) is 0 Å². The van der Waals surface area contributed by atoms with Crippen LogP contribution in [-0.2, 0) is 14.8 Å². The predicted molar refractivity (Wildman–Crippen MR) is 86.6 cm³/mol. The van der Waals surface area contributed by atoms with Gasteiger partial charge < -0.3 is 10.0 Å². The maximum absolute atomic E-state index is 13.8. The molecule has 1 heterocycles. The van der Waals surface area contributed by atoms with Crippen LogP contribution in [0.1, 0.15) is 12.8 Å². The first-order valence-corrected chi connectivity index (χ1v) is 9.09. The molecule has 0 aromatic heterocycles. The molecule has 1 aliphatic heterocycles. The van der Waals surface area contributed by atoms with Gasteiger partial charge in [-0.2, -0.15) is 17.4 Å². The van der Waals surface area contributed by atoms with Gasteiger partial charge in [0.15, 0.2) is 0 Å². The summed E-state index contributed by atoms with van der Waals surface area (Å²) in [5.41, 5.74) is 0. The Labute approximate surface area is 144 Å². The van der Waals surface area contributed by atoms with Crippen molar-refractivity contribution in [2.75, 3.05) is 20.1 Å². The van der Waals surface area contributed by atoms with Gasteiger partial charge in [0.25, 0.3) is 0 Å². The Morgan fingerprint density at radius 1 is 1.38 bits per heavy atom. The van der Waals surface area contributed by atoms with E-state index in [9.17, 15) is 27.1 Å². The number of sulfonamides is 1. The van der Waals surface area contributed by atoms with Crippen molar-refractivity contribution in [2.45, 2.75) is 28.5 Å². The third-order valence-electron chi connectivity index (χ3n) is 4.09. The molecule has 10 heteroatoms. The molecular weight excluding hydrogens is 362 g/mol. The fourth-order valence-corrected chi connectivity index (χ4v) is 4.38. The number of hydrogen-bond donors (Lipinski definition) is 3. The number of nitrogens with zero attached hydrogens (tertiary/aromatic N) is 1. The summed E-state index contributed by atoms with van der Waals surface area (Å²) in [4.78, 5) is 12.8. The molecule has 2 N–H and O–H groups in total. The van der Waals surface area contributed by atoms with Crippen LogP contribution in [0.4, 0.5) is 8.78 Å². The summed E-state index contributed by atoms with van der Waals surface area (Å²) in [5, 5.41) is 9.44. The zero-order chi connectivity index (χ0) is 18.1. The number of likely N-dealkylation sites (tertiary alicyclic amines) is 1. The first-order valence-electron chi connectivity index (χ1n) is 7.16. The lowest BCUT2D eigenvalue weighted by molar-refractivity contribution is -0.140. The lowest BCUT2D eigenvalue weighted by Gasteiger charge is -2.40. The Morgan fingerprint density at radius 2 is 1.96 bits per heavy atom. The van der Waals surface area contributed by atoms with Crippen LogP contribution in [0.3, 0.4) is 0 Å². The average Bonchev–Trinajstić information content (AvgIpc) is 2.47. The van der Waals surface area contributed by atoms with E-state index in [0.717, 1.165) is 12.1 Å². The Morgan fingerprint density at radius 3 is 2.46 bits per heavy atom. The first-order chi connectivity index (χ1) is 11.0. The Kier molecular flexibility index (Phi) is 5.53. The highest BCUT2D eigenvalue weighted by atomic mass is 32.2. The molecule has 134 valence electrons. The summed E-state index contributed by atoms with van der Waals surface area (Å²) in [6.07, 6.45) is 0.690. The molecule has 1 fully saturated rings. The molecule has 0 bridgehead atoms. The number of rotatable bonds is 5. The summed E-state index contributed by atoms with van der Waals surface area (Å²) in [6.45, 7) is 1.11. The van der Waals surface area contributed by atoms with Crippen molar-refractivity contribution in [2.24, 2.45) is 0 Å². The molecule has 0 amide bonds. The molecule has 6 nitrogen and oxygen atoms in total. The van der Waals surface area contributed by atoms with E-state index in [-0.39, 0.29) is 0 Å². The van der Waals surface area contributed by atoms with Crippen LogP contribution in [0.5, 0.6) is 0 Å². The number of benzene rings is 1. The van der Waals surface area contributed by atoms with E-state index >= 15 is 0 Å². The second-order valence-electron chi connectivity index (χ2n) is 5.87. The van der Waals surface area contributed by atoms with Crippen molar-refractivity contribution in [1.82, 2.24) is 9.62 Å². The van der Waals surface area contributed by atoms with Gasteiger partial charge in [0.1, 0.15) is 22.6 Å². The third kappa shape index (κ3) is 4.05. The number of carboxylic acid groups (broad SMARTS) is 1. The smallest absolute Gasteiger partial charge is 0.323 e. The van der Waals surface area contributed by atoms with Crippen molar-refractivity contribution in [3.8, 4) is 0 Å². The minimum Gasteiger partial charge on any atom is -0.480 e. The number of aliphatic carboxylic acids is 1. The number of carboxylic acids is 1. The largest absolute Gasteiger partial charge is 0.480 e. The molecule has 0 unspecified atom stereocenters. The SMILES string of the molecule is CN1CCC(S)([C@H](NS(=O)(=O)c2ccc(F)cc2F)C(=O)O)CC1. The Bertz CT molecular complexity index is 734. The van der Waals surface area contributed by atoms with Crippen LogP contribution in [0.15, 0.2) is 23.1 Å². The van der Waals surface area contributed by atoms with Gasteiger partial charge in [-0.15, -0.1) is 0 Å². The summed E-state index contributed by atoms with van der Waals surface area (Å²) in [6, 6.07) is 0.436. The summed E-state index contributed by atoms with van der Waals surface area (Å²) in [7, 11) is -2.63. The van der Waals surface area contributed by atoms with Gasteiger partial charge in [-0.3, -0.25) is 4.79 Å². The highest BCUT2D eigenvalue weighted by molar-refractivity contribution is 7.89. The molecule has 1 atom stereocenters. The van der Waals surface area contributed by atoms with E-state index in [1.165, 1.54) is 0 Å². The van der Waals surface area contributed by atoms with Crippen molar-refractivity contribution >= 4 is 28.6 Å². The highest BCUT2D eigenvalue weighted by Gasteiger charge is 2.44. The molecule has 1 aromatic carbocycles. The van der Waals surface area contributed by atoms with Crippen molar-refractivity contribution in [3.63, 3.8) is 0 Å². The van der Waals surface area contributed by atoms with E-state index in [2.05, 4.69) is 12.6 Å². The average molecular weight is 380 g/mol. The Hall–Kier alpha value is -1.23. The minimum absolute atomic E-state index is 0.345. The molecule has 0 spiro atoms. The zero-order valence-corrected chi connectivity index (χ0v) is 14.6. The standard InChI is InChI=1S/C14H18F2N2O4S2/c1-18-6-4-14(23,5-7-18)12(13(19)20)17-24(21,22)11-3-2-9(15)8-10(11)16/h2-3,8,12,17,23H,4-7H2,1H3,(H,19,20)/t12-/m1/s1. The highest BCUT2D eigenvalue weighted by Crippen LogP contribution is 2.33. The molecule has 1 saturated heterocycles. The third-order valence-corrected chi connectivity index (χ3v) is 6.26. The van der Waals surface area contributed by atoms with Crippen LogP contribution < -0.4 is 4.72 Å². The van der Waals surface area contributed by atoms with Gasteiger partial charge in [-0.05, 0) is 45.1 Å². The maximum Gasteiger partial charge on any atom is 0.323 e. The lowest BCUT2D eigenvalue weighted by Crippen LogP contribution is -2.57. The summed E-state index contributed by atoms with van der Waals surface area (Å²) >= 11 is 4.40. The number of halogens is 2. The fraction of sp³-hybridized carbons (Fsp3) is 0.500. The van der Waals surface area contributed by atoms with Gasteiger partial charge in [-0.1, -0.05) is 0 Å². The quantitative estimate of drug-likeness (QED) is 0.666. The van der Waals surface area contributed by atoms with Crippen LogP contribution in [0.25, 0.3) is 0 Å². The first kappa shape index (κ1) is 19.1. The van der Waals surface area contributed by atoms with Crippen molar-refractivity contribution in [1.29, 1.82) is 0 Å². The molecule has 0 aliphatic carbocycles. The maximum atomic E-state index is 13.8. The molecule has 24 heavy (non-hydrogen) atoms. The second kappa shape index (κ2) is 6.95. The number of thiol groups is 1. The molecule has 0 radical (unpaired) electrons. The van der Waals surface area contributed by atoms with Gasteiger partial charge in [-0.25, -0.2) is 17.2 Å². The van der Waals surface area contributed by atoms with Gasteiger partial charge in [0.05, 0.1) is 0 Å². The predicted octanol–water partition coefficient (Wildman–Crippen LogP) is 1.09. The molecular formula is C14H18F2N2O4S2. The molecule has 0 saturated carbocycles. The molecule has 1 aliphatic rings.